The molecule has 788 valence electrons. The van der Waals surface area contributed by atoms with Crippen LogP contribution in [0.1, 0.15) is 213 Å². The van der Waals surface area contributed by atoms with Gasteiger partial charge < -0.3 is 56.2 Å². The van der Waals surface area contributed by atoms with Crippen LogP contribution in [0.25, 0.3) is 0 Å². The van der Waals surface area contributed by atoms with Crippen molar-refractivity contribution < 1.29 is 122 Å². The van der Waals surface area contributed by atoms with Gasteiger partial charge in [0.1, 0.15) is 0 Å². The summed E-state index contributed by atoms with van der Waals surface area (Å²) in [6, 6.07) is -2.19. The maximum absolute atomic E-state index is 12.6. The number of rotatable bonds is 18. The molecule has 0 aromatic carbocycles. The molecule has 41 heteroatoms. The molecule has 0 aliphatic heterocycles. The largest absolute Gasteiger partial charge is 0.554 e. The second kappa shape index (κ2) is 44.4. The molecule has 35 unspecified atom stereocenters. The predicted molar refractivity (Wildman–Crippen MR) is 502 cm³/mol. The van der Waals surface area contributed by atoms with Crippen LogP contribution in [-0.2, 0) is 30.7 Å². The molecule has 5 N–H and O–H groups in total. The first-order chi connectivity index (χ1) is 60.9. The van der Waals surface area contributed by atoms with E-state index in [-0.39, 0.29) is 60.2 Å². The third kappa shape index (κ3) is 27.3. The molecule has 20 rings (SSSR count). The Morgan fingerprint density at radius 2 is 0.478 bits per heavy atom. The number of hydrogen-bond donors (Lipinski definition) is 5. The van der Waals surface area contributed by atoms with Crippen LogP contribution in [0.5, 0.6) is 0 Å². The van der Waals surface area contributed by atoms with Crippen LogP contribution in [-0.4, -0.2) is 147 Å². The zero-order valence-corrected chi connectivity index (χ0v) is 127. The van der Waals surface area contributed by atoms with Crippen LogP contribution < -0.4 is 0 Å². The summed E-state index contributed by atoms with van der Waals surface area (Å²) in [5.74, 6) is 21.3. The topological polar surface area (TPSA) is 166 Å². The maximum atomic E-state index is 12.6. The van der Waals surface area contributed by atoms with Gasteiger partial charge in [-0.15, -0.1) is 65.3 Å². The quantitative estimate of drug-likeness (QED) is 0.0290. The van der Waals surface area contributed by atoms with Crippen LogP contribution in [0.15, 0.2) is 0 Å². The summed E-state index contributed by atoms with van der Waals surface area (Å²) in [7, 11) is 2.45. The van der Waals surface area contributed by atoms with Crippen molar-refractivity contribution >= 4 is 81.6 Å². The monoisotopic (exact) mass is 3410 g/mol. The summed E-state index contributed by atoms with van der Waals surface area (Å²) in [4.78, 5) is 0. The second-order valence-corrected chi connectivity index (χ2v) is 80.1. The average Bonchev–Trinajstić information content (AvgIpc) is 1.53. The zero-order valence-electron chi connectivity index (χ0n) is 86.6. The first kappa shape index (κ1) is 122. The van der Waals surface area contributed by atoms with Crippen LogP contribution in [0, 0.1) is 236 Å². The summed E-state index contributed by atoms with van der Waals surface area (Å²) < 4.78 is 224. The summed E-state index contributed by atoms with van der Waals surface area (Å²) in [5, 5.41) is 46.7. The molecule has 20 aliphatic carbocycles. The minimum atomic E-state index is -4.54. The molecule has 12 nitrogen and oxygen atoms in total. The number of aliphatic hydroxyl groups is 5. The van der Waals surface area contributed by atoms with Crippen molar-refractivity contribution in [3.05, 3.63) is 30.5 Å². The minimum absolute atomic E-state index is 0. The first-order valence-corrected chi connectivity index (χ1v) is 70.8. The molecular formula is C97H163Cl3F15O12Rf5Si6-5. The van der Waals surface area contributed by atoms with E-state index in [0.29, 0.717) is 88.8 Å². The van der Waals surface area contributed by atoms with Gasteiger partial charge in [-0.05, 0) is 417 Å². The van der Waals surface area contributed by atoms with Gasteiger partial charge in [-0.25, -0.2) is 65.9 Å². The number of aliphatic hydroxyl groups excluding tert-OH is 5. The van der Waals surface area contributed by atoms with Crippen molar-refractivity contribution in [3.63, 3.8) is 0 Å². The number of halogens is 18. The molecule has 20 aliphatic rings. The van der Waals surface area contributed by atoms with E-state index in [1.807, 2.05) is 40.4 Å². The van der Waals surface area contributed by atoms with Gasteiger partial charge in [0, 0.05) is 49.2 Å². The van der Waals surface area contributed by atoms with Crippen LogP contribution in [0.2, 0.25) is 85.1 Å². The van der Waals surface area contributed by atoms with E-state index in [1.165, 1.54) is 96.3 Å². The van der Waals surface area contributed by atoms with Crippen molar-refractivity contribution in [2.45, 2.75) is 329 Å². The van der Waals surface area contributed by atoms with E-state index >= 15 is 0 Å². The van der Waals surface area contributed by atoms with Crippen molar-refractivity contribution in [3.8, 4) is 0 Å². The van der Waals surface area contributed by atoms with Crippen LogP contribution >= 0.6 is 33.2 Å². The predicted octanol–water partition coefficient (Wildman–Crippen LogP) is 29.9. The Labute approximate surface area is 806 Å². The molecule has 0 aromatic rings. The minimum Gasteiger partial charge on any atom is -0.554 e. The molecule has 0 radical (unpaired) electrons. The molecule has 20 fully saturated rings. The first-order valence-electron chi connectivity index (χ1n) is 50.0. The van der Waals surface area contributed by atoms with Crippen molar-refractivity contribution in [2.24, 2.45) is 206 Å². The van der Waals surface area contributed by atoms with E-state index in [4.69, 9.17) is 63.9 Å². The standard InChI is InChI=1S/3C16H22F3O.2C15H20F3O.C6H18OSi2.C4H12O3Si.C4H12O2Si.C4H12OSi.CH3Cl3Si.5Rf/c3*1-15(7-12(20)16(17,18)19)6-10-5-11(15)14-9-3-2-8(4-9)13(10)14;2*16-15(17,18)12(19)6-9-4-10-5-11(9)14-8-2-1-7(3-8)13(10)14;1-8(2,3)7-9(4,5)6;1-5-8(4,6-2)7-3;1-5-7(3,4)6-2;1-5-6(2,3)4;1-5(2,3)4;;;;;/h3*8-11,13-14,20H,2-7H2,1H3;2*7-11,13-14,19H,1-6H2;1-6H3;1-4H3;1-4H3;1-4H3;1H3;;;;;/q5*-1;;;;;;;;;;. The molecule has 20 saturated carbocycles. The van der Waals surface area contributed by atoms with Crippen LogP contribution in [0.4, 0.5) is 65.9 Å². The molecule has 0 aromatic heterocycles. The van der Waals surface area contributed by atoms with Gasteiger partial charge in [-0.3, -0.25) is 0 Å². The van der Waals surface area contributed by atoms with E-state index < -0.39 is 110 Å². The summed E-state index contributed by atoms with van der Waals surface area (Å²) >= 11 is 15.6. The third-order valence-corrected chi connectivity index (χ3v) is 48.3. The SMILES string of the molecule is CC1(C[C-](O)C(F)(F)F)CC2CC1C1C3CCC(C3)C21.CC1(C[C-](O)C(F)(F)F)CC2CC1C1C3CCC(C3)C21.CC1(C[C-](O)C(F)(F)F)CC2CC1C1C3CCC(C3)C21.CO[Si](C)(C)C.CO[Si](C)(C)OC.CO[Si](C)(OC)OC.C[Si](C)(C)O[Si](C)(C)C.C[Si](Cl)(Cl)Cl.O[C-](CC1CC2CC1C1C3CCC(C3)C21)C(F)(F)F.O[C-](CC1CC2CC1C1C3CCC(C3)C21)C(F)(F)F.[Rf].[Rf].[Rf].[Rf].[Rf]. The van der Waals surface area contributed by atoms with Crippen molar-refractivity contribution in [1.29, 1.82) is 0 Å². The zero-order chi connectivity index (χ0) is 99.5. The molecule has 20 bridgehead atoms. The molecule has 138 heavy (non-hydrogen) atoms. The van der Waals surface area contributed by atoms with Gasteiger partial charge in [-0.2, -0.15) is 0 Å². The fraction of sp³-hybridized carbons (Fsp3) is 0.948. The molecule has 35 atom stereocenters. The molecule has 0 heterocycles. The third-order valence-electron chi connectivity index (χ3n) is 38.0. The van der Waals surface area contributed by atoms with Crippen molar-refractivity contribution in [2.75, 3.05) is 42.7 Å². The van der Waals surface area contributed by atoms with Gasteiger partial charge in [0.05, 0.1) is 0 Å². The Morgan fingerprint density at radius 1 is 0.275 bits per heavy atom. The summed E-state index contributed by atoms with van der Waals surface area (Å²) in [6.45, 7) is 33.3. The summed E-state index contributed by atoms with van der Waals surface area (Å²) in [5.41, 5.74) is -0.970. The molecule has 0 saturated heterocycles. The van der Waals surface area contributed by atoms with Gasteiger partial charge in [0.2, 0.25) is 0 Å². The maximum Gasteiger partial charge on any atom is 0.496 e. The van der Waals surface area contributed by atoms with Crippen molar-refractivity contribution in [1.82, 2.24) is 0 Å². The Morgan fingerprint density at radius 3 is 0.645 bits per heavy atom. The smallest absolute Gasteiger partial charge is 0.496 e. The van der Waals surface area contributed by atoms with Gasteiger partial charge in [0.25, 0.3) is 30.9 Å². The van der Waals surface area contributed by atoms with E-state index in [2.05, 4.69) is 58.9 Å². The van der Waals surface area contributed by atoms with E-state index in [0.717, 1.165) is 153 Å². The fourth-order valence-corrected chi connectivity index (χ4v) is 42.0. The van der Waals surface area contributed by atoms with E-state index in [1.54, 1.807) is 49.2 Å². The van der Waals surface area contributed by atoms with Gasteiger partial charge >= 0.3 is 23.4 Å². The average molecular weight is 3420 g/mol. The number of alkyl halides is 15. The fourth-order valence-electron chi connectivity index (χ4n) is 34.0. The number of fused-ring (bicyclic) bond motifs is 45. The second-order valence-electron chi connectivity index (χ2n) is 49.5. The molecule has 0 amide bonds. The normalized spacial score (nSPS) is 40.4. The Kier molecular flexibility index (Phi) is 39.3. The van der Waals surface area contributed by atoms with E-state index in [9.17, 15) is 91.4 Å². The number of hydrogen-bond acceptors (Lipinski definition) is 12. The van der Waals surface area contributed by atoms with Crippen LogP contribution in [0.3, 0.4) is 0 Å². The molecule has 0 spiro atoms. The van der Waals surface area contributed by atoms with Gasteiger partial charge in [-0.1, -0.05) is 79.4 Å². The molecular weight excluding hydrogens is 3250 g/mol. The Bertz CT molecular complexity index is 3470. The Hall–Kier alpha value is -4.36. The summed E-state index contributed by atoms with van der Waals surface area (Å²) in [6.07, 6.45) is 0.360. The van der Waals surface area contributed by atoms with Gasteiger partial charge in [0.15, 0.2) is 25.0 Å². The Balaban J connectivity index is 0.000000242.